The zero-order valence-electron chi connectivity index (χ0n) is 15.4. The molecule has 7 heteroatoms. The molecule has 2 aliphatic rings. The molecule has 5 rings (SSSR count). The number of hydrogen-bond acceptors (Lipinski definition) is 1. The highest BCUT2D eigenvalue weighted by Crippen LogP contribution is 2.59. The molecule has 3 nitrogen and oxygen atoms in total. The Morgan fingerprint density at radius 2 is 1.90 bits per heavy atom. The van der Waals surface area contributed by atoms with Gasteiger partial charge in [0.15, 0.2) is 0 Å². The smallest absolute Gasteiger partial charge is 0.346 e. The van der Waals surface area contributed by atoms with Gasteiger partial charge in [0.25, 0.3) is 5.91 Å². The summed E-state index contributed by atoms with van der Waals surface area (Å²) in [5, 5.41) is 3.42. The fourth-order valence-electron chi connectivity index (χ4n) is 4.39. The predicted octanol–water partition coefficient (Wildman–Crippen LogP) is 5.13. The van der Waals surface area contributed by atoms with E-state index in [9.17, 15) is 22.4 Å². The zero-order chi connectivity index (χ0) is 20.4. The Morgan fingerprint density at radius 1 is 1.14 bits per heavy atom. The number of carbonyl (C=O) groups is 1. The topological polar surface area (TPSA) is 34.0 Å². The van der Waals surface area contributed by atoms with Crippen molar-refractivity contribution >= 4 is 16.8 Å². The van der Waals surface area contributed by atoms with E-state index < -0.39 is 17.6 Å². The monoisotopic (exact) mass is 402 g/mol. The molecule has 0 bridgehead atoms. The molecule has 1 unspecified atom stereocenters. The molecule has 0 radical (unpaired) electrons. The van der Waals surface area contributed by atoms with Crippen molar-refractivity contribution in [1.29, 1.82) is 0 Å². The highest BCUT2D eigenvalue weighted by molar-refractivity contribution is 6.06. The lowest BCUT2D eigenvalue weighted by Crippen LogP contribution is -2.43. The summed E-state index contributed by atoms with van der Waals surface area (Å²) < 4.78 is 54.3. The molecular formula is C22H18F4N2O. The minimum Gasteiger partial charge on any atom is -0.346 e. The molecule has 1 heterocycles. The maximum absolute atomic E-state index is 14.3. The van der Waals surface area contributed by atoms with E-state index in [1.807, 2.05) is 0 Å². The number of carbonyl (C=O) groups excluding carboxylic acids is 1. The van der Waals surface area contributed by atoms with Crippen molar-refractivity contribution in [3.63, 3.8) is 0 Å². The third-order valence-corrected chi connectivity index (χ3v) is 6.28. The van der Waals surface area contributed by atoms with Gasteiger partial charge in [-0.1, -0.05) is 12.1 Å². The fraction of sp³-hybridized carbons (Fsp3) is 0.318. The molecule has 2 saturated carbocycles. The molecule has 2 fully saturated rings. The van der Waals surface area contributed by atoms with Gasteiger partial charge in [-0.15, -0.1) is 0 Å². The van der Waals surface area contributed by atoms with Crippen LogP contribution in [0.5, 0.6) is 0 Å². The Balaban J connectivity index is 1.48. The van der Waals surface area contributed by atoms with Gasteiger partial charge in [-0.05, 0) is 61.1 Å². The maximum atomic E-state index is 14.3. The van der Waals surface area contributed by atoms with Crippen LogP contribution in [0.3, 0.4) is 0 Å². The van der Waals surface area contributed by atoms with Crippen molar-refractivity contribution in [3.05, 3.63) is 71.2 Å². The summed E-state index contributed by atoms with van der Waals surface area (Å²) in [7, 11) is 0. The van der Waals surface area contributed by atoms with E-state index >= 15 is 0 Å². The van der Waals surface area contributed by atoms with Crippen LogP contribution in [0.25, 0.3) is 10.9 Å². The Hall–Kier alpha value is -2.83. The van der Waals surface area contributed by atoms with E-state index in [0.29, 0.717) is 27.9 Å². The molecule has 2 aromatic carbocycles. The summed E-state index contributed by atoms with van der Waals surface area (Å²) in [6.45, 7) is 0.235. The second-order valence-corrected chi connectivity index (χ2v) is 8.05. The lowest BCUT2D eigenvalue weighted by Gasteiger charge is -2.26. The molecule has 29 heavy (non-hydrogen) atoms. The lowest BCUT2D eigenvalue weighted by atomic mass is 9.92. The van der Waals surface area contributed by atoms with Crippen molar-refractivity contribution < 1.29 is 22.4 Å². The SMILES string of the molecule is O=C(NC12CC[C@H]1C2)c1ccc(F)c2ccn(Cc3ccc(C(F)(F)F)cc3)c12. The quantitative estimate of drug-likeness (QED) is 0.603. The van der Waals surface area contributed by atoms with Crippen molar-refractivity contribution in [2.75, 3.05) is 0 Å². The molecule has 0 spiro atoms. The van der Waals surface area contributed by atoms with E-state index in [1.54, 1.807) is 16.8 Å². The van der Waals surface area contributed by atoms with Gasteiger partial charge in [0.1, 0.15) is 5.82 Å². The summed E-state index contributed by atoms with van der Waals surface area (Å²) in [4.78, 5) is 12.9. The van der Waals surface area contributed by atoms with Crippen LogP contribution in [0, 0.1) is 11.7 Å². The Labute approximate surface area is 164 Å². The van der Waals surface area contributed by atoms with E-state index in [4.69, 9.17) is 0 Å². The van der Waals surface area contributed by atoms with Gasteiger partial charge in [0.2, 0.25) is 0 Å². The van der Waals surface area contributed by atoms with E-state index in [-0.39, 0.29) is 18.0 Å². The molecule has 0 saturated heterocycles. The first-order valence-electron chi connectivity index (χ1n) is 9.53. The lowest BCUT2D eigenvalue weighted by molar-refractivity contribution is -0.137. The minimum absolute atomic E-state index is 0.0807. The van der Waals surface area contributed by atoms with Gasteiger partial charge in [-0.25, -0.2) is 4.39 Å². The molecule has 0 aliphatic heterocycles. The first-order valence-corrected chi connectivity index (χ1v) is 9.53. The van der Waals surface area contributed by atoms with Gasteiger partial charge in [0.05, 0.1) is 16.6 Å². The Morgan fingerprint density at radius 3 is 2.48 bits per heavy atom. The van der Waals surface area contributed by atoms with Crippen molar-refractivity contribution in [1.82, 2.24) is 9.88 Å². The average Bonchev–Trinajstić information content (AvgIpc) is 3.00. The molecule has 1 amide bonds. The van der Waals surface area contributed by atoms with Crippen molar-refractivity contribution in [3.8, 4) is 0 Å². The van der Waals surface area contributed by atoms with Gasteiger partial charge >= 0.3 is 6.18 Å². The number of benzene rings is 2. The third kappa shape index (κ3) is 2.99. The number of rotatable bonds is 4. The van der Waals surface area contributed by atoms with E-state index in [0.717, 1.165) is 31.4 Å². The maximum Gasteiger partial charge on any atom is 0.416 e. The number of halogens is 4. The normalized spacial score (nSPS) is 22.8. The largest absolute Gasteiger partial charge is 0.416 e. The van der Waals surface area contributed by atoms with Crippen LogP contribution < -0.4 is 5.32 Å². The summed E-state index contributed by atoms with van der Waals surface area (Å²) in [5.74, 6) is -0.111. The second kappa shape index (κ2) is 6.08. The van der Waals surface area contributed by atoms with Crippen molar-refractivity contribution in [2.24, 2.45) is 5.92 Å². The molecule has 2 atom stereocenters. The Kier molecular flexibility index (Phi) is 3.82. The van der Waals surface area contributed by atoms with Crippen LogP contribution in [0.4, 0.5) is 17.6 Å². The van der Waals surface area contributed by atoms with Crippen molar-refractivity contribution in [2.45, 2.75) is 37.5 Å². The van der Waals surface area contributed by atoms with E-state index in [2.05, 4.69) is 5.32 Å². The second-order valence-electron chi connectivity index (χ2n) is 8.05. The highest BCUT2D eigenvalue weighted by atomic mass is 19.4. The summed E-state index contributed by atoms with van der Waals surface area (Å²) in [5.41, 5.74) is 0.665. The highest BCUT2D eigenvalue weighted by Gasteiger charge is 2.62. The van der Waals surface area contributed by atoms with Gasteiger partial charge in [-0.3, -0.25) is 4.79 Å². The van der Waals surface area contributed by atoms with Crippen LogP contribution in [-0.4, -0.2) is 16.0 Å². The summed E-state index contributed by atoms with van der Waals surface area (Å²) >= 11 is 0. The fourth-order valence-corrected chi connectivity index (χ4v) is 4.39. The number of amides is 1. The van der Waals surface area contributed by atoms with Crippen LogP contribution in [0.15, 0.2) is 48.7 Å². The zero-order valence-corrected chi connectivity index (χ0v) is 15.4. The molecule has 2 aliphatic carbocycles. The molecule has 150 valence electrons. The minimum atomic E-state index is -4.39. The summed E-state index contributed by atoms with van der Waals surface area (Å²) in [6.07, 6.45) is 0.359. The third-order valence-electron chi connectivity index (χ3n) is 6.28. The molecule has 3 aromatic rings. The standard InChI is InChI=1S/C22H18F4N2O/c23-18-6-5-17(20(29)27-21-9-7-15(21)11-21)19-16(18)8-10-28(19)12-13-1-3-14(4-2-13)22(24,25)26/h1-6,8,10,15H,7,9,11-12H2,(H,27,29)/t15-,21?/m0/s1. The molecule has 1 aromatic heterocycles. The van der Waals surface area contributed by atoms with Crippen LogP contribution in [-0.2, 0) is 12.7 Å². The number of hydrogen-bond donors (Lipinski definition) is 1. The van der Waals surface area contributed by atoms with Gasteiger partial charge in [-0.2, -0.15) is 13.2 Å². The van der Waals surface area contributed by atoms with Gasteiger partial charge in [0, 0.05) is 23.7 Å². The van der Waals surface area contributed by atoms with E-state index in [1.165, 1.54) is 24.3 Å². The average molecular weight is 402 g/mol. The van der Waals surface area contributed by atoms with Crippen LogP contribution >= 0.6 is 0 Å². The predicted molar refractivity (Wildman–Crippen MR) is 100.0 cm³/mol. The number of nitrogens with one attached hydrogen (secondary N) is 1. The number of aromatic nitrogens is 1. The number of fused-ring (bicyclic) bond motifs is 2. The van der Waals surface area contributed by atoms with Crippen LogP contribution in [0.1, 0.15) is 40.7 Å². The Bertz CT molecular complexity index is 1110. The first kappa shape index (κ1) is 18.2. The molecular weight excluding hydrogens is 384 g/mol. The molecule has 1 N–H and O–H groups in total. The van der Waals surface area contributed by atoms with Gasteiger partial charge < -0.3 is 9.88 Å². The first-order chi connectivity index (χ1) is 13.8. The number of alkyl halides is 3. The van der Waals surface area contributed by atoms with Crippen LogP contribution in [0.2, 0.25) is 0 Å². The number of nitrogens with zero attached hydrogens (tertiary/aromatic N) is 1. The summed E-state index contributed by atoms with van der Waals surface area (Å²) in [6, 6.07) is 9.20.